The van der Waals surface area contributed by atoms with Gasteiger partial charge in [0, 0.05) is 47.8 Å². The Hall–Kier alpha value is -1.92. The van der Waals surface area contributed by atoms with Crippen molar-refractivity contribution in [2.45, 2.75) is 26.9 Å². The lowest BCUT2D eigenvalue weighted by Crippen LogP contribution is -2.19. The Labute approximate surface area is 144 Å². The first-order valence-electron chi connectivity index (χ1n) is 7.62. The number of halogens is 1. The van der Waals surface area contributed by atoms with Crippen LogP contribution in [0.5, 0.6) is 0 Å². The van der Waals surface area contributed by atoms with E-state index in [0.29, 0.717) is 0 Å². The van der Waals surface area contributed by atoms with Crippen LogP contribution < -0.4 is 5.32 Å². The highest BCUT2D eigenvalue weighted by Gasteiger charge is 2.12. The van der Waals surface area contributed by atoms with Crippen LogP contribution in [0.1, 0.15) is 17.0 Å². The van der Waals surface area contributed by atoms with Crippen molar-refractivity contribution < 1.29 is 0 Å². The van der Waals surface area contributed by atoms with Gasteiger partial charge in [0.05, 0.1) is 17.7 Å². The number of aromatic nitrogens is 4. The lowest BCUT2D eigenvalue weighted by atomic mass is 10.2. The van der Waals surface area contributed by atoms with E-state index in [1.807, 2.05) is 29.3 Å². The van der Waals surface area contributed by atoms with Gasteiger partial charge in [-0.15, -0.1) is 0 Å². The normalized spacial score (nSPS) is 11.1. The van der Waals surface area contributed by atoms with E-state index in [0.717, 1.165) is 35.5 Å². The van der Waals surface area contributed by atoms with Crippen LogP contribution >= 0.6 is 15.9 Å². The Morgan fingerprint density at radius 3 is 2.65 bits per heavy atom. The molecule has 120 valence electrons. The SMILES string of the molecule is Cc1nn(-c2ccc(Br)cc2)c(C)c1CNCCn1ccnc1. The van der Waals surface area contributed by atoms with Crippen molar-refractivity contribution in [2.24, 2.45) is 0 Å². The van der Waals surface area contributed by atoms with Crippen molar-refractivity contribution in [2.75, 3.05) is 6.54 Å². The molecule has 0 saturated carbocycles. The molecule has 0 amide bonds. The van der Waals surface area contributed by atoms with Crippen LogP contribution in [0.3, 0.4) is 0 Å². The molecule has 0 saturated heterocycles. The van der Waals surface area contributed by atoms with Gasteiger partial charge >= 0.3 is 0 Å². The second kappa shape index (κ2) is 7.10. The van der Waals surface area contributed by atoms with Crippen molar-refractivity contribution in [3.05, 3.63) is 64.4 Å². The number of nitrogens with one attached hydrogen (secondary N) is 1. The number of hydrogen-bond donors (Lipinski definition) is 1. The molecule has 1 N–H and O–H groups in total. The van der Waals surface area contributed by atoms with Gasteiger partial charge in [0.25, 0.3) is 0 Å². The molecule has 2 heterocycles. The predicted octanol–water partition coefficient (Wildman–Crippen LogP) is 3.24. The molecule has 0 fully saturated rings. The number of benzene rings is 1. The Balaban J connectivity index is 1.67. The van der Waals surface area contributed by atoms with E-state index in [1.165, 1.54) is 11.3 Å². The van der Waals surface area contributed by atoms with Gasteiger partial charge in [0.2, 0.25) is 0 Å². The van der Waals surface area contributed by atoms with E-state index < -0.39 is 0 Å². The second-order valence-corrected chi connectivity index (χ2v) is 6.43. The van der Waals surface area contributed by atoms with E-state index in [2.05, 4.69) is 61.9 Å². The minimum atomic E-state index is 0.822. The largest absolute Gasteiger partial charge is 0.336 e. The summed E-state index contributed by atoms with van der Waals surface area (Å²) >= 11 is 3.47. The quantitative estimate of drug-likeness (QED) is 0.674. The van der Waals surface area contributed by atoms with Crippen molar-refractivity contribution in [3.63, 3.8) is 0 Å². The summed E-state index contributed by atoms with van der Waals surface area (Å²) in [7, 11) is 0. The Bertz CT molecular complexity index is 759. The third kappa shape index (κ3) is 3.71. The molecule has 5 nitrogen and oxygen atoms in total. The Kier molecular flexibility index (Phi) is 4.93. The van der Waals surface area contributed by atoms with E-state index in [-0.39, 0.29) is 0 Å². The minimum Gasteiger partial charge on any atom is -0.336 e. The highest BCUT2D eigenvalue weighted by Crippen LogP contribution is 2.19. The summed E-state index contributed by atoms with van der Waals surface area (Å²) in [5.41, 5.74) is 4.59. The fraction of sp³-hybridized carbons (Fsp3) is 0.294. The summed E-state index contributed by atoms with van der Waals surface area (Å²) in [6.07, 6.45) is 5.62. The number of aryl methyl sites for hydroxylation is 1. The van der Waals surface area contributed by atoms with Gasteiger partial charge in [0.15, 0.2) is 0 Å². The monoisotopic (exact) mass is 373 g/mol. The molecule has 1 aromatic carbocycles. The topological polar surface area (TPSA) is 47.7 Å². The van der Waals surface area contributed by atoms with Crippen LogP contribution in [0, 0.1) is 13.8 Å². The molecule has 3 rings (SSSR count). The van der Waals surface area contributed by atoms with Crippen LogP contribution in [0.4, 0.5) is 0 Å². The Morgan fingerprint density at radius 2 is 1.96 bits per heavy atom. The maximum Gasteiger partial charge on any atom is 0.0946 e. The zero-order valence-corrected chi connectivity index (χ0v) is 14.9. The number of imidazole rings is 1. The Morgan fingerprint density at radius 1 is 1.17 bits per heavy atom. The van der Waals surface area contributed by atoms with E-state index in [1.54, 1.807) is 6.20 Å². The van der Waals surface area contributed by atoms with Crippen LogP contribution in [0.15, 0.2) is 47.5 Å². The highest BCUT2D eigenvalue weighted by atomic mass is 79.9. The molecule has 23 heavy (non-hydrogen) atoms. The summed E-state index contributed by atoms with van der Waals surface area (Å²) in [6.45, 7) is 6.82. The van der Waals surface area contributed by atoms with Gasteiger partial charge in [-0.25, -0.2) is 9.67 Å². The molecule has 0 aliphatic heterocycles. The molecule has 0 atom stereocenters. The lowest BCUT2D eigenvalue weighted by molar-refractivity contribution is 0.595. The second-order valence-electron chi connectivity index (χ2n) is 5.51. The molecule has 0 unspecified atom stereocenters. The van der Waals surface area contributed by atoms with E-state index in [4.69, 9.17) is 0 Å². The first-order valence-corrected chi connectivity index (χ1v) is 8.42. The molecule has 3 aromatic rings. The molecule has 2 aromatic heterocycles. The molecule has 0 radical (unpaired) electrons. The van der Waals surface area contributed by atoms with Crippen molar-refractivity contribution in [1.82, 2.24) is 24.6 Å². The number of rotatable bonds is 6. The zero-order chi connectivity index (χ0) is 16.2. The standard InChI is InChI=1S/C17H20BrN5/c1-13-17(11-19-7-9-22-10-8-20-12-22)14(2)23(21-13)16-5-3-15(18)4-6-16/h3-6,8,10,12,19H,7,9,11H2,1-2H3. The molecule has 0 aliphatic carbocycles. The summed E-state index contributed by atoms with van der Waals surface area (Å²) in [4.78, 5) is 4.05. The molecular formula is C17H20BrN5. The molecule has 6 heteroatoms. The minimum absolute atomic E-state index is 0.822. The van der Waals surface area contributed by atoms with Crippen LogP contribution in [-0.4, -0.2) is 25.9 Å². The van der Waals surface area contributed by atoms with Gasteiger partial charge in [-0.3, -0.25) is 0 Å². The maximum absolute atomic E-state index is 4.68. The van der Waals surface area contributed by atoms with E-state index in [9.17, 15) is 0 Å². The summed E-state index contributed by atoms with van der Waals surface area (Å²) in [5, 5.41) is 8.17. The van der Waals surface area contributed by atoms with Crippen LogP contribution in [0.2, 0.25) is 0 Å². The van der Waals surface area contributed by atoms with Crippen LogP contribution in [0.25, 0.3) is 5.69 Å². The number of nitrogens with zero attached hydrogens (tertiary/aromatic N) is 4. The van der Waals surface area contributed by atoms with Crippen molar-refractivity contribution in [1.29, 1.82) is 0 Å². The molecule has 0 aliphatic rings. The highest BCUT2D eigenvalue weighted by molar-refractivity contribution is 9.10. The average molecular weight is 374 g/mol. The van der Waals surface area contributed by atoms with Gasteiger partial charge in [-0.05, 0) is 38.1 Å². The van der Waals surface area contributed by atoms with Crippen LogP contribution in [-0.2, 0) is 13.1 Å². The van der Waals surface area contributed by atoms with Gasteiger partial charge < -0.3 is 9.88 Å². The third-order valence-corrected chi connectivity index (χ3v) is 4.45. The summed E-state index contributed by atoms with van der Waals surface area (Å²) in [6, 6.07) is 8.21. The smallest absolute Gasteiger partial charge is 0.0946 e. The fourth-order valence-electron chi connectivity index (χ4n) is 2.61. The molecule has 0 bridgehead atoms. The van der Waals surface area contributed by atoms with Gasteiger partial charge in [-0.1, -0.05) is 15.9 Å². The number of hydrogen-bond acceptors (Lipinski definition) is 3. The zero-order valence-electron chi connectivity index (χ0n) is 13.3. The summed E-state index contributed by atoms with van der Waals surface area (Å²) < 4.78 is 5.15. The third-order valence-electron chi connectivity index (χ3n) is 3.92. The van der Waals surface area contributed by atoms with Gasteiger partial charge in [0.1, 0.15) is 0 Å². The molecular weight excluding hydrogens is 354 g/mol. The summed E-state index contributed by atoms with van der Waals surface area (Å²) in [5.74, 6) is 0. The fourth-order valence-corrected chi connectivity index (χ4v) is 2.87. The average Bonchev–Trinajstić information content (AvgIpc) is 3.15. The lowest BCUT2D eigenvalue weighted by Gasteiger charge is -2.07. The van der Waals surface area contributed by atoms with Gasteiger partial charge in [-0.2, -0.15) is 5.10 Å². The van der Waals surface area contributed by atoms with E-state index >= 15 is 0 Å². The van der Waals surface area contributed by atoms with Crippen molar-refractivity contribution in [3.8, 4) is 5.69 Å². The predicted molar refractivity (Wildman–Crippen MR) is 94.7 cm³/mol. The van der Waals surface area contributed by atoms with Crippen molar-refractivity contribution >= 4 is 15.9 Å². The first-order chi connectivity index (χ1) is 11.1. The maximum atomic E-state index is 4.68. The first kappa shape index (κ1) is 16.0. The molecule has 0 spiro atoms.